The van der Waals surface area contributed by atoms with Gasteiger partial charge in [0.15, 0.2) is 5.16 Å². The highest BCUT2D eigenvalue weighted by Gasteiger charge is 2.27. The largest absolute Gasteiger partial charge is 0.376 e. The Morgan fingerprint density at radius 3 is 2.89 bits per heavy atom. The van der Waals surface area contributed by atoms with Crippen LogP contribution in [0.4, 0.5) is 4.79 Å². The Morgan fingerprint density at radius 1 is 1.33 bits per heavy atom. The van der Waals surface area contributed by atoms with Gasteiger partial charge in [0.1, 0.15) is 0 Å². The molecule has 2 saturated heterocycles. The van der Waals surface area contributed by atoms with Gasteiger partial charge in [0.05, 0.1) is 30.3 Å². The molecule has 0 spiro atoms. The van der Waals surface area contributed by atoms with Gasteiger partial charge in [-0.2, -0.15) is 0 Å². The van der Waals surface area contributed by atoms with E-state index < -0.39 is 0 Å². The van der Waals surface area contributed by atoms with Crippen molar-refractivity contribution in [2.75, 3.05) is 25.4 Å². The van der Waals surface area contributed by atoms with Crippen molar-refractivity contribution in [3.63, 3.8) is 0 Å². The highest BCUT2D eigenvalue weighted by atomic mass is 32.2. The summed E-state index contributed by atoms with van der Waals surface area (Å²) in [5.41, 5.74) is 2.10. The number of ether oxygens (including phenoxy) is 1. The Balaban J connectivity index is 1.53. The zero-order valence-electron chi connectivity index (χ0n) is 15.0. The minimum Gasteiger partial charge on any atom is -0.376 e. The number of urea groups is 1. The Labute approximate surface area is 162 Å². The summed E-state index contributed by atoms with van der Waals surface area (Å²) in [5, 5.41) is 3.43. The van der Waals surface area contributed by atoms with Crippen LogP contribution in [0.1, 0.15) is 12.8 Å². The number of rotatable bonds is 6. The molecule has 3 heterocycles. The highest BCUT2D eigenvalue weighted by Crippen LogP contribution is 2.28. The molecule has 3 amide bonds. The monoisotopic (exact) mass is 386 g/mol. The second kappa shape index (κ2) is 8.14. The molecule has 4 rings (SSSR count). The third-order valence-electron chi connectivity index (χ3n) is 4.78. The van der Waals surface area contributed by atoms with Crippen LogP contribution in [0.5, 0.6) is 0 Å². The lowest BCUT2D eigenvalue weighted by Crippen LogP contribution is -2.35. The van der Waals surface area contributed by atoms with Crippen molar-refractivity contribution in [1.82, 2.24) is 19.8 Å². The minimum atomic E-state index is -0.312. The first kappa shape index (κ1) is 18.1. The molecule has 0 unspecified atom stereocenters. The fourth-order valence-corrected chi connectivity index (χ4v) is 4.26. The van der Waals surface area contributed by atoms with Crippen molar-refractivity contribution < 1.29 is 14.3 Å². The summed E-state index contributed by atoms with van der Waals surface area (Å²) >= 11 is 1.37. The summed E-state index contributed by atoms with van der Waals surface area (Å²) in [6.45, 7) is 2.45. The Kier molecular flexibility index (Phi) is 5.45. The summed E-state index contributed by atoms with van der Waals surface area (Å²) in [6.07, 6.45) is 4.12. The van der Waals surface area contributed by atoms with Crippen molar-refractivity contribution in [3.8, 4) is 11.3 Å². The van der Waals surface area contributed by atoms with E-state index in [9.17, 15) is 9.59 Å². The molecule has 1 atom stereocenters. The van der Waals surface area contributed by atoms with Crippen LogP contribution in [0, 0.1) is 0 Å². The lowest BCUT2D eigenvalue weighted by Gasteiger charge is -2.16. The normalized spacial score (nSPS) is 19.5. The van der Waals surface area contributed by atoms with Crippen LogP contribution in [-0.4, -0.2) is 57.9 Å². The van der Waals surface area contributed by atoms with Crippen molar-refractivity contribution >= 4 is 23.7 Å². The van der Waals surface area contributed by atoms with Gasteiger partial charge < -0.3 is 14.6 Å². The van der Waals surface area contributed by atoms with E-state index in [4.69, 9.17) is 4.74 Å². The average molecular weight is 386 g/mol. The van der Waals surface area contributed by atoms with Gasteiger partial charge in [0.2, 0.25) is 5.91 Å². The lowest BCUT2D eigenvalue weighted by atomic mass is 10.1. The SMILES string of the molecule is O=C(CSc1ncc(-c2ccccc2)n1C[C@@H]1CCCO1)N1CCNC1=O. The molecule has 2 aromatic rings. The fraction of sp³-hybridized carbons (Fsp3) is 0.421. The van der Waals surface area contributed by atoms with E-state index in [1.54, 1.807) is 0 Å². The van der Waals surface area contributed by atoms with Gasteiger partial charge in [-0.25, -0.2) is 9.78 Å². The standard InChI is InChI=1S/C19H22N4O3S/c24-17(22-9-8-20-18(22)25)13-27-19-21-11-16(14-5-2-1-3-6-14)23(19)12-15-7-4-10-26-15/h1-3,5-6,11,15H,4,7-10,12-13H2,(H,20,25)/t15-/m0/s1. The maximum absolute atomic E-state index is 12.3. The van der Waals surface area contributed by atoms with Crippen LogP contribution < -0.4 is 5.32 Å². The number of hydrogen-bond donors (Lipinski definition) is 1. The number of carbonyl (C=O) groups is 2. The summed E-state index contributed by atoms with van der Waals surface area (Å²) in [7, 11) is 0. The first-order valence-electron chi connectivity index (χ1n) is 9.16. The Bertz CT molecular complexity index is 818. The smallest absolute Gasteiger partial charge is 0.324 e. The highest BCUT2D eigenvalue weighted by molar-refractivity contribution is 7.99. The van der Waals surface area contributed by atoms with Crippen LogP contribution in [0.2, 0.25) is 0 Å². The predicted octanol–water partition coefficient (Wildman–Crippen LogP) is 2.37. The van der Waals surface area contributed by atoms with E-state index in [-0.39, 0.29) is 23.8 Å². The molecule has 1 N–H and O–H groups in total. The van der Waals surface area contributed by atoms with Gasteiger partial charge in [-0.15, -0.1) is 0 Å². The molecule has 8 heteroatoms. The minimum absolute atomic E-state index is 0.168. The zero-order chi connectivity index (χ0) is 18.6. The summed E-state index contributed by atoms with van der Waals surface area (Å²) in [5.74, 6) is -0.00702. The van der Waals surface area contributed by atoms with Crippen molar-refractivity contribution in [2.24, 2.45) is 0 Å². The van der Waals surface area contributed by atoms with E-state index >= 15 is 0 Å². The molecular formula is C19H22N4O3S. The van der Waals surface area contributed by atoms with E-state index in [0.717, 1.165) is 35.9 Å². The first-order chi connectivity index (χ1) is 13.2. The van der Waals surface area contributed by atoms with Crippen LogP contribution in [0.25, 0.3) is 11.3 Å². The van der Waals surface area contributed by atoms with Crippen molar-refractivity contribution in [3.05, 3.63) is 36.5 Å². The summed E-state index contributed by atoms with van der Waals surface area (Å²) in [6, 6.07) is 9.78. The maximum atomic E-state index is 12.3. The molecule has 27 heavy (non-hydrogen) atoms. The summed E-state index contributed by atoms with van der Waals surface area (Å²) in [4.78, 5) is 29.8. The number of thioether (sulfide) groups is 1. The lowest BCUT2D eigenvalue weighted by molar-refractivity contribution is -0.124. The molecule has 2 aliphatic heterocycles. The topological polar surface area (TPSA) is 76.5 Å². The quantitative estimate of drug-likeness (QED) is 0.772. The molecular weight excluding hydrogens is 364 g/mol. The summed E-state index contributed by atoms with van der Waals surface area (Å²) < 4.78 is 7.94. The number of nitrogens with zero attached hydrogens (tertiary/aromatic N) is 3. The van der Waals surface area contributed by atoms with E-state index in [1.807, 2.05) is 24.4 Å². The molecule has 0 aliphatic carbocycles. The predicted molar refractivity (Wildman–Crippen MR) is 102 cm³/mol. The number of amides is 3. The third kappa shape index (κ3) is 4.01. The molecule has 142 valence electrons. The number of nitrogens with one attached hydrogen (secondary N) is 1. The van der Waals surface area contributed by atoms with Gasteiger partial charge in [-0.1, -0.05) is 42.1 Å². The van der Waals surface area contributed by atoms with E-state index in [2.05, 4.69) is 27.0 Å². The van der Waals surface area contributed by atoms with E-state index in [0.29, 0.717) is 19.6 Å². The molecule has 0 radical (unpaired) electrons. The van der Waals surface area contributed by atoms with Crippen LogP contribution in [0.15, 0.2) is 41.7 Å². The maximum Gasteiger partial charge on any atom is 0.324 e. The van der Waals surface area contributed by atoms with Gasteiger partial charge in [0.25, 0.3) is 0 Å². The third-order valence-corrected chi connectivity index (χ3v) is 5.76. The first-order valence-corrected chi connectivity index (χ1v) is 10.1. The number of carbonyl (C=O) groups excluding carboxylic acids is 2. The Hall–Kier alpha value is -2.32. The number of benzene rings is 1. The molecule has 0 bridgehead atoms. The average Bonchev–Trinajstić information content (AvgIpc) is 3.43. The molecule has 1 aromatic heterocycles. The van der Waals surface area contributed by atoms with Gasteiger partial charge >= 0.3 is 6.03 Å². The van der Waals surface area contributed by atoms with Crippen LogP contribution in [0.3, 0.4) is 0 Å². The van der Waals surface area contributed by atoms with Crippen molar-refractivity contribution in [1.29, 1.82) is 0 Å². The molecule has 0 saturated carbocycles. The fourth-order valence-electron chi connectivity index (χ4n) is 3.40. The number of imidazole rings is 1. The zero-order valence-corrected chi connectivity index (χ0v) is 15.8. The van der Waals surface area contributed by atoms with Gasteiger partial charge in [-0.05, 0) is 18.4 Å². The number of imide groups is 1. The van der Waals surface area contributed by atoms with Crippen molar-refractivity contribution in [2.45, 2.75) is 30.6 Å². The second-order valence-corrected chi connectivity index (χ2v) is 7.55. The van der Waals surface area contributed by atoms with Crippen LogP contribution >= 0.6 is 11.8 Å². The van der Waals surface area contributed by atoms with Gasteiger partial charge in [-0.3, -0.25) is 9.69 Å². The molecule has 2 aliphatic rings. The molecule has 1 aromatic carbocycles. The molecule has 7 nitrogen and oxygen atoms in total. The van der Waals surface area contributed by atoms with E-state index in [1.165, 1.54) is 16.7 Å². The Morgan fingerprint density at radius 2 is 2.19 bits per heavy atom. The second-order valence-electron chi connectivity index (χ2n) is 6.60. The van der Waals surface area contributed by atoms with Crippen LogP contribution in [-0.2, 0) is 16.1 Å². The van der Waals surface area contributed by atoms with Gasteiger partial charge in [0, 0.05) is 19.7 Å². The number of aromatic nitrogens is 2. The molecule has 2 fully saturated rings. The number of hydrogen-bond acceptors (Lipinski definition) is 5.